The van der Waals surface area contributed by atoms with E-state index in [1.54, 1.807) is 24.0 Å². The van der Waals surface area contributed by atoms with E-state index in [9.17, 15) is 4.79 Å². The Kier molecular flexibility index (Phi) is 5.34. The molecule has 1 heterocycles. The highest BCUT2D eigenvalue weighted by Gasteiger charge is 2.26. The summed E-state index contributed by atoms with van der Waals surface area (Å²) in [5, 5.41) is 9.71. The summed E-state index contributed by atoms with van der Waals surface area (Å²) < 4.78 is 0. The summed E-state index contributed by atoms with van der Waals surface area (Å²) >= 11 is 1.76. The molecule has 0 aliphatic carbocycles. The summed E-state index contributed by atoms with van der Waals surface area (Å²) in [6, 6.07) is 0. The third-order valence-corrected chi connectivity index (χ3v) is 4.08. The maximum atomic E-state index is 10.1. The Bertz CT molecular complexity index is 294. The van der Waals surface area contributed by atoms with Gasteiger partial charge in [0.2, 0.25) is 6.41 Å². The molecule has 1 fully saturated rings. The van der Waals surface area contributed by atoms with E-state index in [0.717, 1.165) is 12.8 Å². The van der Waals surface area contributed by atoms with Crippen LogP contribution in [0.3, 0.4) is 0 Å². The Morgan fingerprint density at radius 2 is 2.44 bits per heavy atom. The van der Waals surface area contributed by atoms with Crippen LogP contribution in [0.4, 0.5) is 0 Å². The van der Waals surface area contributed by atoms with Gasteiger partial charge in [0.25, 0.3) is 0 Å². The van der Waals surface area contributed by atoms with Crippen LogP contribution in [-0.4, -0.2) is 46.5 Å². The molecule has 90 valence electrons. The van der Waals surface area contributed by atoms with Gasteiger partial charge < -0.3 is 15.7 Å². The lowest BCUT2D eigenvalue weighted by Gasteiger charge is -2.21. The average Bonchev–Trinajstić information content (AvgIpc) is 2.75. The summed E-state index contributed by atoms with van der Waals surface area (Å²) in [5.74, 6) is 0.198. The summed E-state index contributed by atoms with van der Waals surface area (Å²) in [5.41, 5.74) is 5.44. The molecule has 6 heteroatoms. The van der Waals surface area contributed by atoms with E-state index in [1.807, 2.05) is 11.9 Å². The number of hydrogen-bond acceptors (Lipinski definition) is 4. The topological polar surface area (TPSA) is 78.9 Å². The summed E-state index contributed by atoms with van der Waals surface area (Å²) in [4.78, 5) is 15.5. The lowest BCUT2D eigenvalue weighted by Crippen LogP contribution is -2.22. The molecule has 0 saturated carbocycles. The van der Waals surface area contributed by atoms with E-state index in [0.29, 0.717) is 17.0 Å². The van der Waals surface area contributed by atoms with Crippen molar-refractivity contribution in [2.75, 3.05) is 13.7 Å². The Hall–Kier alpha value is -1.01. The van der Waals surface area contributed by atoms with Gasteiger partial charge in [0.05, 0.1) is 12.0 Å². The number of carbonyl (C=O) groups is 1. The Balaban J connectivity index is 2.44. The van der Waals surface area contributed by atoms with E-state index in [1.165, 1.54) is 0 Å². The monoisotopic (exact) mass is 243 g/mol. The number of carbonyl (C=O) groups excluding carboxylic acids is 1. The molecule has 0 spiro atoms. The Labute approximate surface area is 99.4 Å². The molecule has 2 atom stereocenters. The van der Waals surface area contributed by atoms with E-state index >= 15 is 0 Å². The molecule has 0 aromatic rings. The molecule has 3 N–H and O–H groups in total. The van der Waals surface area contributed by atoms with Crippen molar-refractivity contribution in [2.24, 2.45) is 10.7 Å². The van der Waals surface area contributed by atoms with Gasteiger partial charge in [-0.15, -0.1) is 11.8 Å². The van der Waals surface area contributed by atoms with Crippen molar-refractivity contribution in [3.8, 4) is 0 Å². The molecule has 1 aliphatic rings. The highest BCUT2D eigenvalue weighted by atomic mass is 32.2. The average molecular weight is 243 g/mol. The first kappa shape index (κ1) is 13.1. The standard InChI is InChI=1S/C10H17N3O2S/c1-13(5-4-9(11)12-7-15)10-3-2-8(6-14)16-10/h4-5,7-8,10,14H,2-3,6H2,1H3,(H2,11,12,15)/b5-4-. The fraction of sp³-hybridized carbons (Fsp3) is 0.600. The fourth-order valence-corrected chi connectivity index (χ4v) is 2.85. The second kappa shape index (κ2) is 6.55. The largest absolute Gasteiger partial charge is 0.395 e. The van der Waals surface area contributed by atoms with Gasteiger partial charge in [-0.05, 0) is 18.9 Å². The van der Waals surface area contributed by atoms with Crippen LogP contribution in [0.25, 0.3) is 0 Å². The third kappa shape index (κ3) is 3.86. The highest BCUT2D eigenvalue weighted by molar-refractivity contribution is 8.00. The molecule has 0 aromatic carbocycles. The molecule has 0 radical (unpaired) electrons. The zero-order valence-electron chi connectivity index (χ0n) is 9.24. The molecule has 0 aromatic heterocycles. The van der Waals surface area contributed by atoms with Gasteiger partial charge in [0.15, 0.2) is 0 Å². The zero-order valence-corrected chi connectivity index (χ0v) is 10.1. The van der Waals surface area contributed by atoms with Crippen LogP contribution in [0, 0.1) is 0 Å². The molecule has 0 bridgehead atoms. The maximum absolute atomic E-state index is 10.1. The van der Waals surface area contributed by atoms with Crippen molar-refractivity contribution >= 4 is 24.0 Å². The quantitative estimate of drug-likeness (QED) is 0.408. The summed E-state index contributed by atoms with van der Waals surface area (Å²) in [6.45, 7) is 0.230. The molecule has 16 heavy (non-hydrogen) atoms. The van der Waals surface area contributed by atoms with Crippen molar-refractivity contribution < 1.29 is 9.90 Å². The minimum absolute atomic E-state index is 0.198. The number of aliphatic hydroxyl groups excluding tert-OH is 1. The molecular weight excluding hydrogens is 226 g/mol. The number of aliphatic imine (C=N–C) groups is 1. The van der Waals surface area contributed by atoms with E-state index in [2.05, 4.69) is 4.99 Å². The van der Waals surface area contributed by atoms with E-state index in [-0.39, 0.29) is 12.4 Å². The second-order valence-electron chi connectivity index (χ2n) is 3.61. The molecule has 1 saturated heterocycles. The number of amides is 1. The normalized spacial score (nSPS) is 26.2. The first-order valence-corrected chi connectivity index (χ1v) is 6.05. The van der Waals surface area contributed by atoms with Crippen molar-refractivity contribution in [3.63, 3.8) is 0 Å². The Morgan fingerprint density at radius 1 is 1.69 bits per heavy atom. The molecule has 2 unspecified atom stereocenters. The number of amidine groups is 1. The molecule has 1 amide bonds. The fourth-order valence-electron chi connectivity index (χ4n) is 1.51. The van der Waals surface area contributed by atoms with Gasteiger partial charge in [-0.3, -0.25) is 4.79 Å². The summed E-state index contributed by atoms with van der Waals surface area (Å²) in [6.07, 6.45) is 5.90. The van der Waals surface area contributed by atoms with Gasteiger partial charge in [-0.25, -0.2) is 0 Å². The molecule has 1 aliphatic heterocycles. The predicted molar refractivity (Wildman–Crippen MR) is 66.1 cm³/mol. The van der Waals surface area contributed by atoms with Crippen LogP contribution >= 0.6 is 11.8 Å². The third-order valence-electron chi connectivity index (χ3n) is 2.43. The van der Waals surface area contributed by atoms with Crippen LogP contribution in [-0.2, 0) is 4.79 Å². The van der Waals surface area contributed by atoms with Gasteiger partial charge in [0, 0.05) is 18.5 Å². The van der Waals surface area contributed by atoms with Crippen LogP contribution in [0.1, 0.15) is 12.8 Å². The first-order chi connectivity index (χ1) is 7.67. The van der Waals surface area contributed by atoms with Crippen molar-refractivity contribution in [2.45, 2.75) is 23.5 Å². The minimum Gasteiger partial charge on any atom is -0.395 e. The van der Waals surface area contributed by atoms with Crippen LogP contribution in [0.15, 0.2) is 17.3 Å². The minimum atomic E-state index is 0.198. The molecular formula is C10H17N3O2S. The molecule has 1 rings (SSSR count). The summed E-state index contributed by atoms with van der Waals surface area (Å²) in [7, 11) is 1.95. The van der Waals surface area contributed by atoms with E-state index in [4.69, 9.17) is 10.8 Å². The number of hydrogen-bond donors (Lipinski definition) is 2. The Morgan fingerprint density at radius 3 is 3.00 bits per heavy atom. The number of nitrogens with zero attached hydrogens (tertiary/aromatic N) is 2. The molecule has 5 nitrogen and oxygen atoms in total. The maximum Gasteiger partial charge on any atom is 0.234 e. The predicted octanol–water partition coefficient (Wildman–Crippen LogP) is 0.160. The first-order valence-electron chi connectivity index (χ1n) is 5.10. The van der Waals surface area contributed by atoms with Gasteiger partial charge in [-0.2, -0.15) is 4.99 Å². The van der Waals surface area contributed by atoms with Gasteiger partial charge >= 0.3 is 0 Å². The number of aliphatic hydroxyl groups is 1. The zero-order chi connectivity index (χ0) is 12.0. The number of rotatable bonds is 5. The number of nitrogens with two attached hydrogens (primary N) is 1. The lowest BCUT2D eigenvalue weighted by atomic mass is 10.2. The van der Waals surface area contributed by atoms with Gasteiger partial charge in [0.1, 0.15) is 5.84 Å². The second-order valence-corrected chi connectivity index (χ2v) is 5.10. The van der Waals surface area contributed by atoms with Crippen molar-refractivity contribution in [1.82, 2.24) is 4.90 Å². The smallest absolute Gasteiger partial charge is 0.234 e. The highest BCUT2D eigenvalue weighted by Crippen LogP contribution is 2.34. The van der Waals surface area contributed by atoms with Crippen LogP contribution < -0.4 is 5.73 Å². The van der Waals surface area contributed by atoms with Crippen LogP contribution in [0.5, 0.6) is 0 Å². The lowest BCUT2D eigenvalue weighted by molar-refractivity contribution is -0.106. The van der Waals surface area contributed by atoms with Crippen LogP contribution in [0.2, 0.25) is 0 Å². The van der Waals surface area contributed by atoms with Gasteiger partial charge in [-0.1, -0.05) is 0 Å². The van der Waals surface area contributed by atoms with Crippen molar-refractivity contribution in [3.05, 3.63) is 12.3 Å². The van der Waals surface area contributed by atoms with Crippen molar-refractivity contribution in [1.29, 1.82) is 0 Å². The SMILES string of the molecule is CN(/C=C\C(N)=N/C=O)C1CCC(CO)S1. The number of thioether (sulfide) groups is 1. The van der Waals surface area contributed by atoms with E-state index < -0.39 is 0 Å².